The van der Waals surface area contributed by atoms with Crippen molar-refractivity contribution in [2.75, 3.05) is 0 Å². The summed E-state index contributed by atoms with van der Waals surface area (Å²) in [6.07, 6.45) is 12.4. The molecule has 7 nitrogen and oxygen atoms in total. The Balaban J connectivity index is 1.21. The third-order valence-electron chi connectivity index (χ3n) is 13.9. The van der Waals surface area contributed by atoms with E-state index in [9.17, 15) is 31.0 Å². The van der Waals surface area contributed by atoms with Gasteiger partial charge in [0.05, 0.1) is 15.9 Å². The van der Waals surface area contributed by atoms with Crippen molar-refractivity contribution in [2.24, 2.45) is 40.4 Å². The predicted molar refractivity (Wildman–Crippen MR) is 196 cm³/mol. The molecular weight excluding hydrogens is 669 g/mol. The number of allylic oxidation sites excluding steroid dienone is 1. The van der Waals surface area contributed by atoms with Gasteiger partial charge in [0.15, 0.2) is 0 Å². The molecule has 4 fully saturated rings. The molecule has 8 rings (SSSR count). The van der Waals surface area contributed by atoms with E-state index in [4.69, 9.17) is 0 Å². The highest BCUT2D eigenvalue weighted by atomic mass is 32.2. The minimum atomic E-state index is -4.38. The van der Waals surface area contributed by atoms with Crippen LogP contribution < -0.4 is 0 Å². The van der Waals surface area contributed by atoms with Crippen molar-refractivity contribution in [3.05, 3.63) is 90.0 Å². The third kappa shape index (κ3) is 5.55. The number of rotatable bonds is 5. The molecule has 0 saturated heterocycles. The van der Waals surface area contributed by atoms with Crippen LogP contribution >= 0.6 is 0 Å². The van der Waals surface area contributed by atoms with Gasteiger partial charge in [-0.2, -0.15) is 16.8 Å². The topological polar surface area (TPSA) is 129 Å². The molecule has 264 valence electrons. The molecule has 9 heteroatoms. The minimum absolute atomic E-state index is 0.0698. The summed E-state index contributed by atoms with van der Waals surface area (Å²) in [6, 6.07) is 20.9. The number of hydrogen-bond donors (Lipinski definition) is 3. The largest absolute Gasteiger partial charge is 0.393 e. The Morgan fingerprint density at radius 3 is 1.82 bits per heavy atom. The van der Waals surface area contributed by atoms with E-state index in [1.807, 2.05) is 36.4 Å². The standard InChI is InChI=1S/C41H46O7S2/c1-40-19-17-25(21-28(40)9-12-35-37-15-16-39(42)41(37,2)20-18-38(35)40)22-36(33-7-3-5-26-23-29(49(43,44)45)10-13-31(26)33)34-8-4-6-27-24-30(50(46,47)48)11-14-32(27)34/h3-8,10-11,13-14,22-25,28,35,37-39,42H,9,12,15-21H2,1-2H3,(H,43,44,45)(H,46,47,48)/t25-,28-,35-,37-,38-,39-,40-,41-/m0/s1. The first-order valence-electron chi connectivity index (χ1n) is 18.1. The Labute approximate surface area is 295 Å². The fourth-order valence-electron chi connectivity index (χ4n) is 11.3. The Bertz CT molecular complexity index is 2140. The summed E-state index contributed by atoms with van der Waals surface area (Å²) in [5.41, 5.74) is 3.20. The van der Waals surface area contributed by atoms with Crippen LogP contribution in [0.2, 0.25) is 0 Å². The van der Waals surface area contributed by atoms with E-state index in [2.05, 4.69) is 19.9 Å². The summed E-state index contributed by atoms with van der Waals surface area (Å²) in [5, 5.41) is 14.0. The fraction of sp³-hybridized carbons (Fsp3) is 0.463. The molecule has 4 aromatic carbocycles. The molecular formula is C41H46O7S2. The van der Waals surface area contributed by atoms with Gasteiger partial charge in [-0.3, -0.25) is 9.11 Å². The zero-order valence-electron chi connectivity index (χ0n) is 28.6. The first kappa shape index (κ1) is 34.0. The summed E-state index contributed by atoms with van der Waals surface area (Å²) < 4.78 is 67.6. The summed E-state index contributed by atoms with van der Waals surface area (Å²) in [5.74, 6) is 2.92. The second-order valence-electron chi connectivity index (χ2n) is 16.2. The highest BCUT2D eigenvalue weighted by molar-refractivity contribution is 7.86. The van der Waals surface area contributed by atoms with Gasteiger partial charge < -0.3 is 5.11 Å². The number of benzene rings is 4. The maximum absolute atomic E-state index is 12.0. The first-order chi connectivity index (χ1) is 23.7. The lowest BCUT2D eigenvalue weighted by molar-refractivity contribution is -0.124. The van der Waals surface area contributed by atoms with E-state index >= 15 is 0 Å². The van der Waals surface area contributed by atoms with Crippen LogP contribution in [0.1, 0.15) is 82.8 Å². The Kier molecular flexibility index (Phi) is 8.16. The minimum Gasteiger partial charge on any atom is -0.393 e. The molecule has 4 aliphatic rings. The van der Waals surface area contributed by atoms with Crippen LogP contribution in [0.4, 0.5) is 0 Å². The summed E-state index contributed by atoms with van der Waals surface area (Å²) in [6.45, 7) is 4.90. The smallest absolute Gasteiger partial charge is 0.294 e. The van der Waals surface area contributed by atoms with Crippen molar-refractivity contribution in [2.45, 2.75) is 87.5 Å². The third-order valence-corrected chi connectivity index (χ3v) is 15.6. The van der Waals surface area contributed by atoms with E-state index in [0.29, 0.717) is 40.4 Å². The molecule has 50 heavy (non-hydrogen) atoms. The van der Waals surface area contributed by atoms with Crippen molar-refractivity contribution in [1.82, 2.24) is 0 Å². The van der Waals surface area contributed by atoms with Crippen LogP contribution in [-0.4, -0.2) is 37.2 Å². The van der Waals surface area contributed by atoms with Gasteiger partial charge in [0, 0.05) is 0 Å². The Morgan fingerprint density at radius 1 is 0.680 bits per heavy atom. The lowest BCUT2D eigenvalue weighted by Crippen LogP contribution is -2.53. The average Bonchev–Trinajstić information content (AvgIpc) is 3.39. The first-order valence-corrected chi connectivity index (χ1v) is 21.0. The number of aliphatic hydroxyl groups is 1. The Hall–Kier alpha value is -3.08. The lowest BCUT2D eigenvalue weighted by atomic mass is 9.44. The molecule has 4 aromatic rings. The van der Waals surface area contributed by atoms with E-state index < -0.39 is 20.2 Å². The average molecular weight is 715 g/mol. The predicted octanol–water partition coefficient (Wildman–Crippen LogP) is 8.94. The van der Waals surface area contributed by atoms with E-state index in [-0.39, 0.29) is 26.7 Å². The van der Waals surface area contributed by atoms with Crippen LogP contribution in [-0.2, 0) is 20.2 Å². The van der Waals surface area contributed by atoms with Gasteiger partial charge >= 0.3 is 0 Å². The zero-order valence-corrected chi connectivity index (χ0v) is 30.3. The Morgan fingerprint density at radius 2 is 1.24 bits per heavy atom. The highest BCUT2D eigenvalue weighted by Crippen LogP contribution is 2.66. The van der Waals surface area contributed by atoms with Crippen LogP contribution in [0.3, 0.4) is 0 Å². The van der Waals surface area contributed by atoms with Crippen molar-refractivity contribution < 1.29 is 31.0 Å². The normalized spacial score (nSPS) is 32.7. The second kappa shape index (κ2) is 12.0. The van der Waals surface area contributed by atoms with Gasteiger partial charge in [0.25, 0.3) is 20.2 Å². The highest BCUT2D eigenvalue weighted by Gasteiger charge is 2.60. The van der Waals surface area contributed by atoms with Crippen molar-refractivity contribution in [3.8, 4) is 0 Å². The van der Waals surface area contributed by atoms with Crippen LogP contribution in [0, 0.1) is 40.4 Å². The molecule has 0 heterocycles. The van der Waals surface area contributed by atoms with E-state index in [1.54, 1.807) is 12.1 Å². The molecule has 0 spiro atoms. The molecule has 0 unspecified atom stereocenters. The zero-order chi connectivity index (χ0) is 35.2. The van der Waals surface area contributed by atoms with Crippen LogP contribution in [0.25, 0.3) is 27.1 Å². The van der Waals surface area contributed by atoms with Crippen molar-refractivity contribution >= 4 is 47.4 Å². The van der Waals surface area contributed by atoms with Crippen LogP contribution in [0.15, 0.2) is 88.7 Å². The monoisotopic (exact) mass is 714 g/mol. The van der Waals surface area contributed by atoms with Gasteiger partial charge in [-0.05, 0) is 161 Å². The van der Waals surface area contributed by atoms with E-state index in [0.717, 1.165) is 66.0 Å². The summed E-state index contributed by atoms with van der Waals surface area (Å²) in [4.78, 5) is -0.319. The van der Waals surface area contributed by atoms with Crippen molar-refractivity contribution in [3.63, 3.8) is 0 Å². The van der Waals surface area contributed by atoms with Gasteiger partial charge in [0.1, 0.15) is 0 Å². The van der Waals surface area contributed by atoms with Gasteiger partial charge in [0.2, 0.25) is 0 Å². The van der Waals surface area contributed by atoms with Gasteiger partial charge in [-0.25, -0.2) is 0 Å². The maximum Gasteiger partial charge on any atom is 0.294 e. The number of hydrogen-bond acceptors (Lipinski definition) is 5. The quantitative estimate of drug-likeness (QED) is 0.176. The molecule has 0 aliphatic heterocycles. The molecule has 4 saturated carbocycles. The summed E-state index contributed by atoms with van der Waals surface area (Å²) >= 11 is 0. The number of fused-ring (bicyclic) bond motifs is 7. The SMILES string of the molecule is C[C@]12CC[C@H](C=C(c3cccc4cc(S(=O)(=O)O)ccc34)c3cccc4cc(S(=O)(=O)O)ccc34)C[C@@H]1CC[C@@H]1[C@@H]2CC[C@]2(C)[C@@H](O)CC[C@@H]12. The molecule has 0 amide bonds. The van der Waals surface area contributed by atoms with Crippen LogP contribution in [0.5, 0.6) is 0 Å². The molecule has 4 aliphatic carbocycles. The number of aliphatic hydroxyl groups excluding tert-OH is 1. The molecule has 0 radical (unpaired) electrons. The van der Waals surface area contributed by atoms with Gasteiger partial charge in [-0.15, -0.1) is 0 Å². The molecule has 0 bridgehead atoms. The maximum atomic E-state index is 12.0. The lowest BCUT2D eigenvalue weighted by Gasteiger charge is -2.61. The fourth-order valence-corrected chi connectivity index (χ4v) is 12.3. The summed E-state index contributed by atoms with van der Waals surface area (Å²) in [7, 11) is -8.76. The second-order valence-corrected chi connectivity index (χ2v) is 19.1. The van der Waals surface area contributed by atoms with Crippen molar-refractivity contribution in [1.29, 1.82) is 0 Å². The molecule has 0 aromatic heterocycles. The molecule has 3 N–H and O–H groups in total. The van der Waals surface area contributed by atoms with E-state index in [1.165, 1.54) is 43.5 Å². The molecule has 8 atom stereocenters. The van der Waals surface area contributed by atoms with Gasteiger partial charge in [-0.1, -0.05) is 68.5 Å².